The topological polar surface area (TPSA) is 47.0 Å². The molecule has 3 heterocycles. The van der Waals surface area contributed by atoms with Gasteiger partial charge in [0.05, 0.1) is 19.4 Å². The molecule has 0 saturated heterocycles. The van der Waals surface area contributed by atoms with Gasteiger partial charge >= 0.3 is 0 Å². The summed E-state index contributed by atoms with van der Waals surface area (Å²) in [5, 5.41) is 0. The van der Waals surface area contributed by atoms with Crippen molar-refractivity contribution in [2.75, 3.05) is 34.4 Å². The van der Waals surface area contributed by atoms with E-state index >= 15 is 0 Å². The van der Waals surface area contributed by atoms with Crippen molar-refractivity contribution < 1.29 is 9.47 Å². The van der Waals surface area contributed by atoms with Gasteiger partial charge in [-0.2, -0.15) is 0 Å². The lowest BCUT2D eigenvalue weighted by atomic mass is 9.70. The van der Waals surface area contributed by atoms with E-state index in [0.717, 1.165) is 56.6 Å². The molecule has 0 amide bonds. The maximum atomic E-state index is 6.38. The number of allylic oxidation sites excluding steroid dienone is 3. The van der Waals surface area contributed by atoms with Crippen molar-refractivity contribution in [1.29, 1.82) is 0 Å². The van der Waals surface area contributed by atoms with Gasteiger partial charge in [-0.3, -0.25) is 4.99 Å². The predicted octanol–water partition coefficient (Wildman–Crippen LogP) is 7.77. The Kier molecular flexibility index (Phi) is 8.51. The summed E-state index contributed by atoms with van der Waals surface area (Å²) in [6.07, 6.45) is 11.0. The lowest BCUT2D eigenvalue weighted by molar-refractivity contribution is 0.219. The van der Waals surface area contributed by atoms with Crippen LogP contribution in [0.4, 0.5) is 0 Å². The summed E-state index contributed by atoms with van der Waals surface area (Å²) in [6.45, 7) is 11.4. The Balaban J connectivity index is 1.41. The fourth-order valence-corrected chi connectivity index (χ4v) is 6.73. The van der Waals surface area contributed by atoms with Gasteiger partial charge in [-0.15, -0.1) is 0 Å². The predicted molar refractivity (Wildman–Crippen MR) is 165 cm³/mol. The largest absolute Gasteiger partial charge is 0.493 e. The van der Waals surface area contributed by atoms with E-state index < -0.39 is 0 Å². The Morgan fingerprint density at radius 2 is 1.90 bits per heavy atom. The van der Waals surface area contributed by atoms with E-state index in [4.69, 9.17) is 14.5 Å². The summed E-state index contributed by atoms with van der Waals surface area (Å²) < 4.78 is 11.6. The number of hydrogen-bond acceptors (Lipinski definition) is 5. The van der Waals surface area contributed by atoms with Gasteiger partial charge in [-0.1, -0.05) is 45.4 Å². The molecule has 0 spiro atoms. The summed E-state index contributed by atoms with van der Waals surface area (Å²) in [6, 6.07) is 10.6. The van der Waals surface area contributed by atoms with Crippen molar-refractivity contribution in [3.63, 3.8) is 0 Å². The number of hydrogen-bond donors (Lipinski definition) is 0. The van der Waals surface area contributed by atoms with Gasteiger partial charge in [0.2, 0.25) is 5.88 Å². The van der Waals surface area contributed by atoms with Crippen molar-refractivity contribution in [1.82, 2.24) is 9.88 Å². The van der Waals surface area contributed by atoms with E-state index in [2.05, 4.69) is 82.0 Å². The summed E-state index contributed by atoms with van der Waals surface area (Å²) in [5.74, 6) is 3.19. The first-order chi connectivity index (χ1) is 19.1. The molecule has 3 unspecified atom stereocenters. The van der Waals surface area contributed by atoms with Crippen LogP contribution in [0.5, 0.6) is 11.6 Å². The lowest BCUT2D eigenvalue weighted by Gasteiger charge is -2.36. The van der Waals surface area contributed by atoms with Crippen molar-refractivity contribution >= 4 is 5.71 Å². The maximum Gasteiger partial charge on any atom is 0.212 e. The smallest absolute Gasteiger partial charge is 0.212 e. The van der Waals surface area contributed by atoms with E-state index in [-0.39, 0.29) is 0 Å². The van der Waals surface area contributed by atoms with E-state index in [1.165, 1.54) is 29.0 Å². The average Bonchev–Trinajstić information content (AvgIpc) is 3.02. The van der Waals surface area contributed by atoms with Gasteiger partial charge in [-0.25, -0.2) is 4.98 Å². The lowest BCUT2D eigenvalue weighted by Crippen LogP contribution is -2.27. The van der Waals surface area contributed by atoms with E-state index in [9.17, 15) is 0 Å². The average molecular weight is 542 g/mol. The van der Waals surface area contributed by atoms with Gasteiger partial charge in [0, 0.05) is 30.1 Å². The molecule has 2 aromatic rings. The molecule has 1 aliphatic carbocycles. The normalized spacial score (nSPS) is 24.6. The number of aliphatic imine (C=N–C) groups is 1. The second-order valence-electron chi connectivity index (χ2n) is 13.3. The van der Waals surface area contributed by atoms with Crippen molar-refractivity contribution in [2.24, 2.45) is 28.2 Å². The van der Waals surface area contributed by atoms with Crippen LogP contribution in [-0.4, -0.2) is 50.0 Å². The molecular formula is C35H47N3O2. The van der Waals surface area contributed by atoms with Crippen LogP contribution >= 0.6 is 0 Å². The first-order valence-electron chi connectivity index (χ1n) is 15.0. The third kappa shape index (κ3) is 6.52. The third-order valence-corrected chi connectivity index (χ3v) is 9.09. The highest BCUT2D eigenvalue weighted by Crippen LogP contribution is 2.44. The molecule has 40 heavy (non-hydrogen) atoms. The first kappa shape index (κ1) is 28.6. The Bertz CT molecular complexity index is 1300. The summed E-state index contributed by atoms with van der Waals surface area (Å²) in [4.78, 5) is 11.9. The summed E-state index contributed by atoms with van der Waals surface area (Å²) in [7, 11) is 5.93. The molecule has 5 nitrogen and oxygen atoms in total. The van der Waals surface area contributed by atoms with Gasteiger partial charge in [-0.05, 0) is 111 Å². The van der Waals surface area contributed by atoms with Crippen molar-refractivity contribution in [2.45, 2.75) is 66.2 Å². The van der Waals surface area contributed by atoms with Crippen LogP contribution in [0, 0.1) is 23.2 Å². The van der Waals surface area contributed by atoms with Crippen LogP contribution in [0.1, 0.15) is 65.4 Å². The highest BCUT2D eigenvalue weighted by Gasteiger charge is 2.34. The highest BCUT2D eigenvalue weighted by atomic mass is 16.5. The SMILES string of the molecule is COc1ccc(-c2ccc3c(c2)CC(C)C(CC2=C4CC(C)(C)CCC4=NC(CN(C)C)=CC2C)CCO3)cn1. The molecule has 1 aromatic heterocycles. The fourth-order valence-electron chi connectivity index (χ4n) is 6.73. The number of fused-ring (bicyclic) bond motifs is 2. The zero-order chi connectivity index (χ0) is 28.4. The van der Waals surface area contributed by atoms with Crippen molar-refractivity contribution in [3.8, 4) is 22.8 Å². The second kappa shape index (κ2) is 11.9. The third-order valence-electron chi connectivity index (χ3n) is 9.09. The van der Waals surface area contributed by atoms with E-state index in [1.54, 1.807) is 18.3 Å². The standard InChI is InChI=1S/C35H47N3O2/c1-23-16-28-18-26(27-9-11-34(39-7)36-21-27)8-10-33(28)40-15-13-25(23)19-30-24(2)17-29(22-38(5)6)37-32-12-14-35(3,4)20-31(30)32/h8-11,17-18,21,23-25H,12-16,19-20,22H2,1-7H3. The molecule has 0 N–H and O–H groups in total. The molecule has 0 bridgehead atoms. The number of likely N-dealkylation sites (N-methyl/N-ethyl adjacent to an activating group) is 1. The molecule has 1 fully saturated rings. The number of pyridine rings is 1. The van der Waals surface area contributed by atoms with Crippen molar-refractivity contribution in [3.05, 3.63) is 65.0 Å². The summed E-state index contributed by atoms with van der Waals surface area (Å²) >= 11 is 0. The van der Waals surface area contributed by atoms with Crippen LogP contribution in [0.15, 0.2) is 64.4 Å². The number of rotatable bonds is 6. The molecular weight excluding hydrogens is 494 g/mol. The van der Waals surface area contributed by atoms with Crippen LogP contribution in [0.2, 0.25) is 0 Å². The van der Waals surface area contributed by atoms with Crippen LogP contribution in [0.3, 0.4) is 0 Å². The van der Waals surface area contributed by atoms with Gasteiger partial charge in [0.15, 0.2) is 0 Å². The molecule has 214 valence electrons. The second-order valence-corrected chi connectivity index (χ2v) is 13.3. The zero-order valence-corrected chi connectivity index (χ0v) is 25.6. The van der Waals surface area contributed by atoms with E-state index in [0.29, 0.717) is 29.0 Å². The Morgan fingerprint density at radius 1 is 1.10 bits per heavy atom. The number of nitrogens with zero attached hydrogens (tertiary/aromatic N) is 3. The molecule has 2 aliphatic heterocycles. The maximum absolute atomic E-state index is 6.38. The Morgan fingerprint density at radius 3 is 2.62 bits per heavy atom. The molecule has 1 saturated carbocycles. The number of aromatic nitrogens is 1. The molecule has 3 atom stereocenters. The highest BCUT2D eigenvalue weighted by molar-refractivity contribution is 6.02. The van der Waals surface area contributed by atoms with Crippen LogP contribution in [0.25, 0.3) is 11.1 Å². The van der Waals surface area contributed by atoms with E-state index in [1.807, 2.05) is 12.3 Å². The first-order valence-corrected chi connectivity index (χ1v) is 15.0. The van der Waals surface area contributed by atoms with Gasteiger partial charge in [0.1, 0.15) is 5.75 Å². The number of benzene rings is 1. The minimum absolute atomic E-state index is 0.326. The van der Waals surface area contributed by atoms with Crippen LogP contribution in [-0.2, 0) is 6.42 Å². The minimum Gasteiger partial charge on any atom is -0.493 e. The molecule has 0 radical (unpaired) electrons. The monoisotopic (exact) mass is 541 g/mol. The Hall–Kier alpha value is -2.92. The minimum atomic E-state index is 0.326. The molecule has 5 heteroatoms. The van der Waals surface area contributed by atoms with Gasteiger partial charge < -0.3 is 14.4 Å². The van der Waals surface area contributed by atoms with Crippen LogP contribution < -0.4 is 9.47 Å². The molecule has 3 aliphatic rings. The quantitative estimate of drug-likeness (QED) is 0.375. The molecule has 5 rings (SSSR count). The zero-order valence-electron chi connectivity index (χ0n) is 25.6. The van der Waals surface area contributed by atoms with Gasteiger partial charge in [0.25, 0.3) is 0 Å². The number of ether oxygens (including phenoxy) is 2. The summed E-state index contributed by atoms with van der Waals surface area (Å²) in [5.41, 5.74) is 9.65. The number of methoxy groups -OCH3 is 1. The Labute approximate surface area is 241 Å². The molecule has 1 aromatic carbocycles. The fraction of sp³-hybridized carbons (Fsp3) is 0.543.